The van der Waals surface area contributed by atoms with E-state index in [1.165, 1.54) is 22.8 Å². The highest BCUT2D eigenvalue weighted by Gasteiger charge is 2.15. The normalized spacial score (nSPS) is 12.5. The molecule has 19 heavy (non-hydrogen) atoms. The lowest BCUT2D eigenvalue weighted by molar-refractivity contribution is 0.617. The maximum absolute atomic E-state index is 13.6. The molecular weight excluding hydrogens is 371 g/mol. The summed E-state index contributed by atoms with van der Waals surface area (Å²) in [6.45, 7) is 4.19. The van der Waals surface area contributed by atoms with Gasteiger partial charge in [-0.15, -0.1) is 0 Å². The quantitative estimate of drug-likeness (QED) is 0.578. The number of benzene rings is 2. The summed E-state index contributed by atoms with van der Waals surface area (Å²) in [5.41, 5.74) is 4.75. The van der Waals surface area contributed by atoms with Crippen molar-refractivity contribution in [2.75, 3.05) is 0 Å². The van der Waals surface area contributed by atoms with Crippen molar-refractivity contribution >= 4 is 31.9 Å². The van der Waals surface area contributed by atoms with E-state index in [2.05, 4.69) is 63.9 Å². The number of aryl methyl sites for hydroxylation is 2. The van der Waals surface area contributed by atoms with E-state index in [1.54, 1.807) is 6.07 Å². The number of halogens is 3. The molecule has 0 fully saturated rings. The van der Waals surface area contributed by atoms with Crippen LogP contribution < -0.4 is 0 Å². The topological polar surface area (TPSA) is 0 Å². The Kier molecular flexibility index (Phi) is 4.80. The van der Waals surface area contributed by atoms with Crippen LogP contribution in [0.2, 0.25) is 0 Å². The lowest BCUT2D eigenvalue weighted by atomic mass is 9.98. The molecule has 0 aliphatic rings. The summed E-state index contributed by atoms with van der Waals surface area (Å²) in [6, 6.07) is 11.6. The van der Waals surface area contributed by atoms with Gasteiger partial charge in [0.1, 0.15) is 5.82 Å². The molecule has 0 aliphatic carbocycles. The molecule has 2 rings (SSSR count). The molecule has 1 unspecified atom stereocenters. The highest BCUT2D eigenvalue weighted by atomic mass is 79.9. The van der Waals surface area contributed by atoms with E-state index in [0.29, 0.717) is 4.47 Å². The molecule has 2 aromatic carbocycles. The summed E-state index contributed by atoms with van der Waals surface area (Å²) in [7, 11) is 0. The first kappa shape index (κ1) is 14.7. The minimum absolute atomic E-state index is 0.0954. The second-order valence-corrected chi connectivity index (χ2v) is 6.64. The van der Waals surface area contributed by atoms with Crippen LogP contribution >= 0.6 is 31.9 Å². The van der Waals surface area contributed by atoms with Crippen molar-refractivity contribution in [3.8, 4) is 0 Å². The average molecular weight is 386 g/mol. The van der Waals surface area contributed by atoms with Crippen molar-refractivity contribution in [3.63, 3.8) is 0 Å². The molecule has 0 aromatic heterocycles. The van der Waals surface area contributed by atoms with Crippen molar-refractivity contribution in [1.82, 2.24) is 0 Å². The summed E-state index contributed by atoms with van der Waals surface area (Å²) >= 11 is 6.99. The van der Waals surface area contributed by atoms with E-state index in [4.69, 9.17) is 0 Å². The molecule has 0 nitrogen and oxygen atoms in total. The molecule has 2 aromatic rings. The summed E-state index contributed by atoms with van der Waals surface area (Å²) in [6.07, 6.45) is 0.843. The first-order chi connectivity index (χ1) is 8.99. The van der Waals surface area contributed by atoms with Gasteiger partial charge in [0.15, 0.2) is 0 Å². The first-order valence-corrected chi connectivity index (χ1v) is 7.84. The smallest absolute Gasteiger partial charge is 0.137 e. The summed E-state index contributed by atoms with van der Waals surface area (Å²) < 4.78 is 14.1. The Morgan fingerprint density at radius 3 is 2.63 bits per heavy atom. The molecule has 100 valence electrons. The van der Waals surface area contributed by atoms with E-state index >= 15 is 0 Å². The molecule has 0 radical (unpaired) electrons. The number of rotatable bonds is 3. The van der Waals surface area contributed by atoms with Gasteiger partial charge < -0.3 is 0 Å². The van der Waals surface area contributed by atoms with Gasteiger partial charge in [0.25, 0.3) is 0 Å². The molecule has 0 bridgehead atoms. The Hall–Kier alpha value is -0.670. The molecule has 1 atom stereocenters. The Morgan fingerprint density at radius 2 is 1.89 bits per heavy atom. The Bertz CT molecular complexity index is 593. The third-order valence-electron chi connectivity index (χ3n) is 3.22. The van der Waals surface area contributed by atoms with Crippen LogP contribution in [-0.4, -0.2) is 0 Å². The molecule has 0 spiro atoms. The van der Waals surface area contributed by atoms with Gasteiger partial charge in [0, 0.05) is 4.83 Å². The van der Waals surface area contributed by atoms with Gasteiger partial charge in [-0.05, 0) is 59.0 Å². The summed E-state index contributed by atoms with van der Waals surface area (Å²) in [5, 5.41) is 0. The van der Waals surface area contributed by atoms with Gasteiger partial charge in [-0.1, -0.05) is 51.8 Å². The van der Waals surface area contributed by atoms with Crippen LogP contribution in [-0.2, 0) is 6.42 Å². The van der Waals surface area contributed by atoms with Crippen molar-refractivity contribution in [1.29, 1.82) is 0 Å². The van der Waals surface area contributed by atoms with E-state index in [0.717, 1.165) is 12.0 Å². The van der Waals surface area contributed by atoms with Crippen molar-refractivity contribution in [2.24, 2.45) is 0 Å². The van der Waals surface area contributed by atoms with Gasteiger partial charge in [0.05, 0.1) is 4.47 Å². The van der Waals surface area contributed by atoms with Crippen LogP contribution in [0, 0.1) is 19.7 Å². The molecule has 3 heteroatoms. The number of hydrogen-bond donors (Lipinski definition) is 0. The number of hydrogen-bond acceptors (Lipinski definition) is 0. The second-order valence-electron chi connectivity index (χ2n) is 4.74. The zero-order valence-electron chi connectivity index (χ0n) is 10.9. The van der Waals surface area contributed by atoms with Crippen molar-refractivity contribution in [3.05, 3.63) is 68.9 Å². The fourth-order valence-electron chi connectivity index (χ4n) is 2.09. The third-order valence-corrected chi connectivity index (χ3v) is 4.88. The van der Waals surface area contributed by atoms with Gasteiger partial charge >= 0.3 is 0 Å². The highest BCUT2D eigenvalue weighted by Crippen LogP contribution is 2.34. The SMILES string of the molecule is Cc1ccc(C)c(CC(Br)c2cccc(F)c2Br)c1. The molecule has 0 heterocycles. The lowest BCUT2D eigenvalue weighted by Crippen LogP contribution is -2.00. The predicted octanol–water partition coefficient (Wildman–Crippen LogP) is 5.88. The molecule has 0 amide bonds. The Labute approximate surface area is 130 Å². The largest absolute Gasteiger partial charge is 0.206 e. The van der Waals surface area contributed by atoms with Gasteiger partial charge in [-0.25, -0.2) is 4.39 Å². The standard InChI is InChI=1S/C16H15Br2F/c1-10-6-7-11(2)12(8-10)9-14(17)13-4-3-5-15(19)16(13)18/h3-8,14H,9H2,1-2H3. The summed E-state index contributed by atoms with van der Waals surface area (Å²) in [5.74, 6) is -0.220. The maximum Gasteiger partial charge on any atom is 0.137 e. The monoisotopic (exact) mass is 384 g/mol. The van der Waals surface area contributed by atoms with E-state index in [9.17, 15) is 4.39 Å². The Morgan fingerprint density at radius 1 is 1.16 bits per heavy atom. The van der Waals surface area contributed by atoms with Crippen LogP contribution in [0.25, 0.3) is 0 Å². The first-order valence-electron chi connectivity index (χ1n) is 6.13. The zero-order chi connectivity index (χ0) is 14.0. The minimum Gasteiger partial charge on any atom is -0.206 e. The fraction of sp³-hybridized carbons (Fsp3) is 0.250. The van der Waals surface area contributed by atoms with Crippen LogP contribution in [0.15, 0.2) is 40.9 Å². The van der Waals surface area contributed by atoms with E-state index in [1.807, 2.05) is 6.07 Å². The van der Waals surface area contributed by atoms with Gasteiger partial charge in [0.2, 0.25) is 0 Å². The zero-order valence-corrected chi connectivity index (χ0v) is 14.1. The van der Waals surface area contributed by atoms with E-state index in [-0.39, 0.29) is 10.6 Å². The van der Waals surface area contributed by atoms with Gasteiger partial charge in [-0.3, -0.25) is 0 Å². The van der Waals surface area contributed by atoms with Crippen LogP contribution in [0.5, 0.6) is 0 Å². The van der Waals surface area contributed by atoms with Crippen LogP contribution in [0.3, 0.4) is 0 Å². The Balaban J connectivity index is 2.28. The molecular formula is C16H15Br2F. The summed E-state index contributed by atoms with van der Waals surface area (Å²) in [4.78, 5) is 0.0954. The highest BCUT2D eigenvalue weighted by molar-refractivity contribution is 9.11. The predicted molar refractivity (Wildman–Crippen MR) is 85.4 cm³/mol. The lowest BCUT2D eigenvalue weighted by Gasteiger charge is -2.15. The average Bonchev–Trinajstić information content (AvgIpc) is 2.37. The fourth-order valence-corrected chi connectivity index (χ4v) is 3.66. The van der Waals surface area contributed by atoms with Crippen LogP contribution in [0.1, 0.15) is 27.1 Å². The molecule has 0 saturated heterocycles. The van der Waals surface area contributed by atoms with Crippen molar-refractivity contribution < 1.29 is 4.39 Å². The van der Waals surface area contributed by atoms with E-state index < -0.39 is 0 Å². The third kappa shape index (κ3) is 3.46. The maximum atomic E-state index is 13.6. The number of alkyl halides is 1. The van der Waals surface area contributed by atoms with Gasteiger partial charge in [-0.2, -0.15) is 0 Å². The minimum atomic E-state index is -0.220. The second kappa shape index (κ2) is 6.19. The van der Waals surface area contributed by atoms with Crippen molar-refractivity contribution in [2.45, 2.75) is 25.1 Å². The van der Waals surface area contributed by atoms with Crippen LogP contribution in [0.4, 0.5) is 4.39 Å². The molecule has 0 aliphatic heterocycles. The molecule has 0 N–H and O–H groups in total. The molecule has 0 saturated carbocycles.